The number of hydrogen-bond acceptors (Lipinski definition) is 3. The summed E-state index contributed by atoms with van der Waals surface area (Å²) in [5.41, 5.74) is 1.83. The van der Waals surface area contributed by atoms with E-state index in [2.05, 4.69) is 20.8 Å². The summed E-state index contributed by atoms with van der Waals surface area (Å²) in [7, 11) is 1.64. The van der Waals surface area contributed by atoms with Gasteiger partial charge in [0.1, 0.15) is 6.10 Å². The van der Waals surface area contributed by atoms with Crippen LogP contribution in [-0.4, -0.2) is 25.8 Å². The van der Waals surface area contributed by atoms with Crippen LogP contribution >= 0.6 is 0 Å². The third kappa shape index (κ3) is 6.76. The molecule has 1 aromatic carbocycles. The molecule has 3 nitrogen and oxygen atoms in total. The molecule has 0 heterocycles. The lowest BCUT2D eigenvalue weighted by Crippen LogP contribution is -2.23. The molecule has 1 rings (SSSR count). The van der Waals surface area contributed by atoms with E-state index >= 15 is 0 Å². The van der Waals surface area contributed by atoms with Crippen LogP contribution in [0.1, 0.15) is 56.0 Å². The van der Waals surface area contributed by atoms with E-state index in [1.165, 1.54) is 5.56 Å². The fourth-order valence-corrected chi connectivity index (χ4v) is 2.21. The smallest absolute Gasteiger partial charge is 0.338 e. The van der Waals surface area contributed by atoms with Gasteiger partial charge in [-0.3, -0.25) is 0 Å². The number of aryl methyl sites for hydroxylation is 1. The van der Waals surface area contributed by atoms with Crippen LogP contribution in [0.5, 0.6) is 0 Å². The number of hydrogen-bond donors (Lipinski definition) is 0. The number of ether oxygens (including phenoxy) is 2. The number of esters is 1. The van der Waals surface area contributed by atoms with Crippen LogP contribution in [0.4, 0.5) is 0 Å². The van der Waals surface area contributed by atoms with Crippen molar-refractivity contribution in [1.82, 2.24) is 0 Å². The molecule has 0 saturated heterocycles. The van der Waals surface area contributed by atoms with Gasteiger partial charge in [-0.1, -0.05) is 39.3 Å². The maximum atomic E-state index is 12.1. The van der Waals surface area contributed by atoms with Gasteiger partial charge in [0.15, 0.2) is 0 Å². The van der Waals surface area contributed by atoms with E-state index in [0.717, 1.165) is 25.7 Å². The zero-order valence-corrected chi connectivity index (χ0v) is 13.7. The third-order valence-electron chi connectivity index (χ3n) is 3.53. The van der Waals surface area contributed by atoms with E-state index in [-0.39, 0.29) is 12.1 Å². The zero-order chi connectivity index (χ0) is 15.7. The Morgan fingerprint density at radius 2 is 1.81 bits per heavy atom. The Morgan fingerprint density at radius 1 is 1.14 bits per heavy atom. The molecule has 0 aliphatic carbocycles. The zero-order valence-electron chi connectivity index (χ0n) is 13.7. The van der Waals surface area contributed by atoms with Gasteiger partial charge in [0.25, 0.3) is 0 Å². The topological polar surface area (TPSA) is 35.5 Å². The molecule has 0 amide bonds. The van der Waals surface area contributed by atoms with Crippen molar-refractivity contribution in [2.75, 3.05) is 13.7 Å². The van der Waals surface area contributed by atoms with Gasteiger partial charge in [-0.25, -0.2) is 4.79 Å². The lowest BCUT2D eigenvalue weighted by Gasteiger charge is -2.17. The molecule has 0 aromatic heterocycles. The highest BCUT2D eigenvalue weighted by Gasteiger charge is 2.16. The van der Waals surface area contributed by atoms with Crippen LogP contribution in [0.2, 0.25) is 0 Å². The first kappa shape index (κ1) is 17.7. The number of rotatable bonds is 9. The summed E-state index contributed by atoms with van der Waals surface area (Å²) in [5.74, 6) is 0.412. The minimum absolute atomic E-state index is 0.160. The fourth-order valence-electron chi connectivity index (χ4n) is 2.21. The predicted molar refractivity (Wildman–Crippen MR) is 85.6 cm³/mol. The van der Waals surface area contributed by atoms with Crippen LogP contribution in [0.15, 0.2) is 24.3 Å². The van der Waals surface area contributed by atoms with Gasteiger partial charge < -0.3 is 9.47 Å². The second kappa shape index (κ2) is 9.56. The van der Waals surface area contributed by atoms with Crippen LogP contribution in [0.3, 0.4) is 0 Å². The minimum atomic E-state index is -0.260. The number of carbonyl (C=O) groups is 1. The number of benzene rings is 1. The summed E-state index contributed by atoms with van der Waals surface area (Å²) in [6.07, 6.45) is 3.85. The Bertz CT molecular complexity index is 409. The molecule has 0 aliphatic heterocycles. The van der Waals surface area contributed by atoms with Crippen LogP contribution in [0, 0.1) is 5.92 Å². The first-order valence-corrected chi connectivity index (χ1v) is 7.85. The maximum absolute atomic E-state index is 12.1. The summed E-state index contributed by atoms with van der Waals surface area (Å²) >= 11 is 0. The van der Waals surface area contributed by atoms with Gasteiger partial charge in [-0.2, -0.15) is 0 Å². The Labute approximate surface area is 128 Å². The van der Waals surface area contributed by atoms with Crippen molar-refractivity contribution >= 4 is 5.97 Å². The molecule has 118 valence electrons. The molecule has 0 bridgehead atoms. The van der Waals surface area contributed by atoms with Crippen molar-refractivity contribution in [2.24, 2.45) is 5.92 Å². The molecule has 1 unspecified atom stereocenters. The average molecular weight is 292 g/mol. The summed E-state index contributed by atoms with van der Waals surface area (Å²) < 4.78 is 10.7. The molecule has 0 aliphatic rings. The van der Waals surface area contributed by atoms with Gasteiger partial charge >= 0.3 is 5.97 Å². The van der Waals surface area contributed by atoms with Gasteiger partial charge in [0, 0.05) is 7.11 Å². The van der Waals surface area contributed by atoms with Crippen molar-refractivity contribution in [1.29, 1.82) is 0 Å². The second-order valence-corrected chi connectivity index (χ2v) is 5.86. The molecule has 21 heavy (non-hydrogen) atoms. The van der Waals surface area contributed by atoms with E-state index in [4.69, 9.17) is 9.47 Å². The van der Waals surface area contributed by atoms with Crippen molar-refractivity contribution in [3.8, 4) is 0 Å². The largest absolute Gasteiger partial charge is 0.456 e. The normalized spacial score (nSPS) is 12.4. The molecule has 0 fully saturated rings. The molecule has 3 heteroatoms. The van der Waals surface area contributed by atoms with Crippen LogP contribution in [-0.2, 0) is 15.9 Å². The van der Waals surface area contributed by atoms with Crippen molar-refractivity contribution in [3.63, 3.8) is 0 Å². The summed E-state index contributed by atoms with van der Waals surface area (Å²) in [6, 6.07) is 7.61. The molecule has 0 saturated carbocycles. The quantitative estimate of drug-likeness (QED) is 0.638. The molecule has 0 N–H and O–H groups in total. The van der Waals surface area contributed by atoms with E-state index in [1.54, 1.807) is 7.11 Å². The fraction of sp³-hybridized carbons (Fsp3) is 0.611. The first-order valence-electron chi connectivity index (χ1n) is 7.85. The Balaban J connectivity index is 2.53. The molecule has 0 radical (unpaired) electrons. The Hall–Kier alpha value is -1.35. The minimum Gasteiger partial charge on any atom is -0.456 e. The average Bonchev–Trinajstić information content (AvgIpc) is 2.47. The molecule has 1 atom stereocenters. The molecule has 1 aromatic rings. The van der Waals surface area contributed by atoms with Crippen LogP contribution < -0.4 is 0 Å². The van der Waals surface area contributed by atoms with Gasteiger partial charge in [0.05, 0.1) is 12.2 Å². The predicted octanol–water partition coefficient (Wildman–Crippen LogP) is 4.25. The van der Waals surface area contributed by atoms with Gasteiger partial charge in [-0.05, 0) is 42.9 Å². The van der Waals surface area contributed by atoms with E-state index in [0.29, 0.717) is 18.1 Å². The summed E-state index contributed by atoms with van der Waals surface area (Å²) in [6.45, 7) is 6.95. The highest BCUT2D eigenvalue weighted by molar-refractivity contribution is 5.89. The lowest BCUT2D eigenvalue weighted by atomic mass is 10.0. The van der Waals surface area contributed by atoms with Crippen molar-refractivity contribution in [3.05, 3.63) is 35.4 Å². The standard InChI is InChI=1S/C18H28O3/c1-5-15-9-11-16(12-10-15)18(19)21-17(13-20-4)8-6-7-14(2)3/h9-12,14,17H,5-8,13H2,1-4H3. The molecular formula is C18H28O3. The monoisotopic (exact) mass is 292 g/mol. The second-order valence-electron chi connectivity index (χ2n) is 5.86. The highest BCUT2D eigenvalue weighted by Crippen LogP contribution is 2.14. The Kier molecular flexibility index (Phi) is 8.06. The maximum Gasteiger partial charge on any atom is 0.338 e. The van der Waals surface area contributed by atoms with E-state index < -0.39 is 0 Å². The van der Waals surface area contributed by atoms with Crippen molar-refractivity contribution < 1.29 is 14.3 Å². The highest BCUT2D eigenvalue weighted by atomic mass is 16.6. The Morgan fingerprint density at radius 3 is 2.33 bits per heavy atom. The lowest BCUT2D eigenvalue weighted by molar-refractivity contribution is 0.00219. The number of methoxy groups -OCH3 is 1. The third-order valence-corrected chi connectivity index (χ3v) is 3.53. The van der Waals surface area contributed by atoms with Gasteiger partial charge in [0.2, 0.25) is 0 Å². The number of carbonyl (C=O) groups excluding carboxylic acids is 1. The molecule has 0 spiro atoms. The molecular weight excluding hydrogens is 264 g/mol. The summed E-state index contributed by atoms with van der Waals surface area (Å²) in [5, 5.41) is 0. The van der Waals surface area contributed by atoms with Gasteiger partial charge in [-0.15, -0.1) is 0 Å². The van der Waals surface area contributed by atoms with E-state index in [9.17, 15) is 4.79 Å². The first-order chi connectivity index (χ1) is 10.1. The van der Waals surface area contributed by atoms with E-state index in [1.807, 2.05) is 24.3 Å². The SMILES string of the molecule is CCc1ccc(C(=O)OC(CCCC(C)C)COC)cc1. The van der Waals surface area contributed by atoms with Crippen LogP contribution in [0.25, 0.3) is 0 Å². The van der Waals surface area contributed by atoms with Crippen molar-refractivity contribution in [2.45, 2.75) is 52.6 Å². The summed E-state index contributed by atoms with van der Waals surface area (Å²) in [4.78, 5) is 12.1.